The minimum atomic E-state index is -5.93. The molecular weight excluding hydrogens is 370 g/mol. The monoisotopic (exact) mass is 373 g/mol. The quantitative estimate of drug-likeness (QED) is 0.206. The molecule has 0 saturated carbocycles. The van der Waals surface area contributed by atoms with E-state index in [1.807, 2.05) is 0 Å². The summed E-state index contributed by atoms with van der Waals surface area (Å²) in [6.07, 6.45) is -0.257. The van der Waals surface area contributed by atoms with Crippen LogP contribution in [0.4, 0.5) is 0 Å². The lowest BCUT2D eigenvalue weighted by atomic mass is 9.99. The Morgan fingerprint density at radius 2 is 1.26 bits per heavy atom. The Balaban J connectivity index is 4.07. The highest BCUT2D eigenvalue weighted by atomic mass is 32.2. The molecule has 0 amide bonds. The lowest BCUT2D eigenvalue weighted by Gasteiger charge is -2.30. The van der Waals surface area contributed by atoms with Gasteiger partial charge in [0, 0.05) is 0 Å². The summed E-state index contributed by atoms with van der Waals surface area (Å²) in [6, 6.07) is 0. The molecule has 0 aromatic carbocycles. The van der Waals surface area contributed by atoms with Gasteiger partial charge >= 0.3 is 0 Å². The Bertz CT molecular complexity index is 841. The maximum absolute atomic E-state index is 11.1. The lowest BCUT2D eigenvalue weighted by molar-refractivity contribution is -0.430. The van der Waals surface area contributed by atoms with Crippen molar-refractivity contribution < 1.29 is 40.7 Å². The zero-order valence-corrected chi connectivity index (χ0v) is 11.9. The topological polar surface area (TPSA) is 256 Å². The maximum Gasteiger partial charge on any atom is 0.280 e. The van der Waals surface area contributed by atoms with Crippen LogP contribution in [0.5, 0.6) is 0 Å². The second kappa shape index (κ2) is 5.61. The van der Waals surface area contributed by atoms with Crippen LogP contribution in [0.15, 0.2) is 11.8 Å². The SMILES string of the molecule is O=[N+]([O-])C1=CC(=[N+]([O-])[O-])C(S(=O)(=O)[O-])C(=[N+]([O-])[O-])C1S(=O)(=O)[O-]. The fraction of sp³-hybridized carbons (Fsp3) is 0.333. The summed E-state index contributed by atoms with van der Waals surface area (Å²) in [5, 5.41) is 47.4. The van der Waals surface area contributed by atoms with E-state index in [2.05, 4.69) is 0 Å². The Morgan fingerprint density at radius 1 is 0.826 bits per heavy atom. The summed E-state index contributed by atoms with van der Waals surface area (Å²) < 4.78 is 66.4. The molecule has 0 aromatic rings. The van der Waals surface area contributed by atoms with E-state index in [1.165, 1.54) is 0 Å². The minimum absolute atomic E-state index is 0.257. The first-order chi connectivity index (χ1) is 10.2. The fourth-order valence-corrected chi connectivity index (χ4v) is 3.85. The van der Waals surface area contributed by atoms with Crippen LogP contribution in [-0.4, -0.2) is 62.6 Å². The number of nitrogens with zero attached hydrogens (tertiary/aromatic N) is 3. The first-order valence-corrected chi connectivity index (χ1v) is 7.91. The van der Waals surface area contributed by atoms with Gasteiger partial charge in [0.05, 0.1) is 11.0 Å². The standard InChI is InChI=1S/C6H5N3O12S2/c10-7(11)2-1-3(8(12)13)6(23(19,20)21)4(9(14)15)5(2)22(16,17)18/h1,5-6H,(H2-2,10,11,14,15,16,17,18,19,20,21)/q-2/p-2. The summed E-state index contributed by atoms with van der Waals surface area (Å²) in [5.41, 5.74) is -5.80. The first kappa shape index (κ1) is 18.5. The molecule has 0 spiro atoms. The average Bonchev–Trinajstić information content (AvgIpc) is 2.33. The lowest BCUT2D eigenvalue weighted by Crippen LogP contribution is -2.55. The molecule has 1 rings (SSSR count). The summed E-state index contributed by atoms with van der Waals surface area (Å²) >= 11 is 0. The highest BCUT2D eigenvalue weighted by Gasteiger charge is 2.54. The van der Waals surface area contributed by atoms with Gasteiger partial charge in [0.25, 0.3) is 5.70 Å². The molecule has 0 radical (unpaired) electrons. The van der Waals surface area contributed by atoms with Crippen molar-refractivity contribution in [1.29, 1.82) is 0 Å². The van der Waals surface area contributed by atoms with Gasteiger partial charge in [-0.25, -0.2) is 16.8 Å². The van der Waals surface area contributed by atoms with E-state index >= 15 is 0 Å². The van der Waals surface area contributed by atoms with E-state index in [4.69, 9.17) is 0 Å². The van der Waals surface area contributed by atoms with Crippen molar-refractivity contribution in [2.45, 2.75) is 10.5 Å². The minimum Gasteiger partial charge on any atom is -0.747 e. The molecule has 1 aliphatic rings. The summed E-state index contributed by atoms with van der Waals surface area (Å²) in [7, 11) is -11.9. The maximum atomic E-state index is 11.1. The van der Waals surface area contributed by atoms with Gasteiger partial charge in [0.1, 0.15) is 20.2 Å². The molecule has 1 aliphatic carbocycles. The van der Waals surface area contributed by atoms with Crippen LogP contribution >= 0.6 is 0 Å². The zero-order valence-electron chi connectivity index (χ0n) is 10.3. The van der Waals surface area contributed by atoms with Crippen LogP contribution < -0.4 is 0 Å². The van der Waals surface area contributed by atoms with E-state index in [1.54, 1.807) is 0 Å². The second-order valence-corrected chi connectivity index (χ2v) is 6.85. The molecule has 0 fully saturated rings. The van der Waals surface area contributed by atoms with Crippen LogP contribution in [0, 0.1) is 30.9 Å². The van der Waals surface area contributed by atoms with E-state index in [-0.39, 0.29) is 6.08 Å². The zero-order chi connectivity index (χ0) is 18.3. The summed E-state index contributed by atoms with van der Waals surface area (Å²) in [5.74, 6) is 0. The molecule has 0 bridgehead atoms. The molecule has 23 heavy (non-hydrogen) atoms. The van der Waals surface area contributed by atoms with Gasteiger partial charge in [-0.3, -0.25) is 10.1 Å². The summed E-state index contributed by atoms with van der Waals surface area (Å²) in [4.78, 5) is 5.62. The number of allylic oxidation sites excluding steroid dienone is 1. The molecule has 2 atom stereocenters. The molecule has 0 saturated heterocycles. The number of hydrogen-bond acceptors (Lipinski definition) is 12. The predicted octanol–water partition coefficient (Wildman–Crippen LogP) is -3.11. The third kappa shape index (κ3) is 3.47. The number of rotatable bonds is 3. The van der Waals surface area contributed by atoms with Crippen LogP contribution in [0.2, 0.25) is 0 Å². The molecule has 0 N–H and O–H groups in total. The second-order valence-electron chi connectivity index (χ2n) is 3.94. The Kier molecular flexibility index (Phi) is 4.52. The van der Waals surface area contributed by atoms with Gasteiger partial charge in [-0.1, -0.05) is 0 Å². The molecule has 15 nitrogen and oxygen atoms in total. The van der Waals surface area contributed by atoms with Crippen LogP contribution in [0.25, 0.3) is 0 Å². The molecular formula is C6H3N3O12S2-4. The van der Waals surface area contributed by atoms with E-state index in [9.17, 15) is 56.9 Å². The fourth-order valence-electron chi connectivity index (χ4n) is 1.82. The van der Waals surface area contributed by atoms with E-state index in [0.29, 0.717) is 0 Å². The molecule has 0 aliphatic heterocycles. The Hall–Kier alpha value is -2.50. The van der Waals surface area contributed by atoms with E-state index < -0.39 is 62.6 Å². The van der Waals surface area contributed by atoms with Crippen molar-refractivity contribution in [2.75, 3.05) is 0 Å². The van der Waals surface area contributed by atoms with E-state index in [0.717, 1.165) is 0 Å². The van der Waals surface area contributed by atoms with Gasteiger partial charge in [0.2, 0.25) is 21.9 Å². The summed E-state index contributed by atoms with van der Waals surface area (Å²) in [6.45, 7) is 0. The van der Waals surface area contributed by atoms with Gasteiger partial charge in [-0.15, -0.1) is 0 Å². The highest BCUT2D eigenvalue weighted by molar-refractivity contribution is 7.89. The van der Waals surface area contributed by atoms with Crippen LogP contribution in [-0.2, 0) is 20.2 Å². The molecule has 0 heterocycles. The largest absolute Gasteiger partial charge is 0.747 e. The van der Waals surface area contributed by atoms with Crippen molar-refractivity contribution in [1.82, 2.24) is 0 Å². The van der Waals surface area contributed by atoms with Gasteiger partial charge in [0.15, 0.2) is 0 Å². The third-order valence-corrected chi connectivity index (χ3v) is 4.70. The number of nitro groups is 1. The van der Waals surface area contributed by atoms with Gasteiger partial charge in [-0.05, 0) is 0 Å². The first-order valence-electron chi connectivity index (χ1n) is 4.97. The van der Waals surface area contributed by atoms with Crippen LogP contribution in [0.1, 0.15) is 0 Å². The molecule has 17 heteroatoms. The smallest absolute Gasteiger partial charge is 0.280 e. The van der Waals surface area contributed by atoms with Crippen molar-refractivity contribution in [3.63, 3.8) is 0 Å². The van der Waals surface area contributed by atoms with Crippen molar-refractivity contribution in [3.8, 4) is 0 Å². The Morgan fingerprint density at radius 3 is 1.52 bits per heavy atom. The predicted molar refractivity (Wildman–Crippen MR) is 66.1 cm³/mol. The van der Waals surface area contributed by atoms with Crippen molar-refractivity contribution in [2.24, 2.45) is 0 Å². The highest BCUT2D eigenvalue weighted by Crippen LogP contribution is 2.25. The third-order valence-electron chi connectivity index (χ3n) is 2.58. The molecule has 0 aromatic heterocycles. The van der Waals surface area contributed by atoms with Crippen molar-refractivity contribution >= 4 is 31.7 Å². The molecule has 2 unspecified atom stereocenters. The van der Waals surface area contributed by atoms with Crippen LogP contribution in [0.3, 0.4) is 0 Å². The van der Waals surface area contributed by atoms with Crippen molar-refractivity contribution in [3.05, 3.63) is 42.7 Å². The normalized spacial score (nSPS) is 22.4. The number of hydrogen-bond donors (Lipinski definition) is 0. The molecule has 130 valence electrons. The van der Waals surface area contributed by atoms with Gasteiger partial charge < -0.3 is 29.9 Å². The average molecular weight is 373 g/mol. The van der Waals surface area contributed by atoms with Gasteiger partial charge in [-0.2, -0.15) is 9.80 Å². The Labute approximate surface area is 126 Å².